The monoisotopic (exact) mass is 484 g/mol. The number of piperazine rings is 4. The lowest BCUT2D eigenvalue weighted by atomic mass is 10.1. The van der Waals surface area contributed by atoms with Gasteiger partial charge in [-0.15, -0.1) is 24.0 Å². The van der Waals surface area contributed by atoms with Gasteiger partial charge in [-0.3, -0.25) is 19.7 Å². The quantitative estimate of drug-likeness (QED) is 0.392. The van der Waals surface area contributed by atoms with Crippen molar-refractivity contribution >= 4 is 29.9 Å². The summed E-state index contributed by atoms with van der Waals surface area (Å²) < 4.78 is 0. The molecule has 4 aliphatic rings. The molecule has 0 radical (unpaired) electrons. The number of nitrogens with one attached hydrogen (secondary N) is 1. The number of fused-ring (bicyclic) bond motifs is 3. The van der Waals surface area contributed by atoms with Crippen LogP contribution >= 0.6 is 24.0 Å². The first-order chi connectivity index (χ1) is 12.8. The van der Waals surface area contributed by atoms with E-state index in [-0.39, 0.29) is 24.0 Å². The van der Waals surface area contributed by atoms with Gasteiger partial charge in [0.15, 0.2) is 5.96 Å². The van der Waals surface area contributed by atoms with Crippen LogP contribution in [0.3, 0.4) is 0 Å². The summed E-state index contributed by atoms with van der Waals surface area (Å²) in [4.78, 5) is 14.7. The normalized spacial score (nSPS) is 28.7. The zero-order valence-corrected chi connectivity index (χ0v) is 18.7. The first-order valence-electron chi connectivity index (χ1n) is 10.00. The molecule has 150 valence electrons. The van der Waals surface area contributed by atoms with Gasteiger partial charge in [-0.1, -0.05) is 30.3 Å². The fraction of sp³-hybridized carbons (Fsp3) is 0.650. The molecule has 2 bridgehead atoms. The summed E-state index contributed by atoms with van der Waals surface area (Å²) in [6, 6.07) is 11.4. The lowest BCUT2D eigenvalue weighted by Gasteiger charge is -2.47. The molecule has 5 rings (SSSR count). The van der Waals surface area contributed by atoms with Gasteiger partial charge in [-0.2, -0.15) is 0 Å². The Labute approximate surface area is 180 Å². The van der Waals surface area contributed by atoms with Crippen molar-refractivity contribution in [2.75, 3.05) is 72.5 Å². The summed E-state index contributed by atoms with van der Waals surface area (Å²) in [7, 11) is 1.91. The Hall–Kier alpha value is -0.900. The molecule has 7 heteroatoms. The second kappa shape index (κ2) is 10.0. The van der Waals surface area contributed by atoms with Gasteiger partial charge in [-0.05, 0) is 5.56 Å². The second-order valence-corrected chi connectivity index (χ2v) is 7.67. The highest BCUT2D eigenvalue weighted by molar-refractivity contribution is 14.0. The molecule has 27 heavy (non-hydrogen) atoms. The van der Waals surface area contributed by atoms with E-state index in [0.717, 1.165) is 45.2 Å². The number of guanidine groups is 1. The van der Waals surface area contributed by atoms with Gasteiger partial charge in [0.2, 0.25) is 0 Å². The van der Waals surface area contributed by atoms with Crippen LogP contribution in [-0.2, 0) is 6.54 Å². The third kappa shape index (κ3) is 5.34. The number of halogens is 1. The van der Waals surface area contributed by atoms with Crippen LogP contribution in [0.4, 0.5) is 0 Å². The maximum atomic E-state index is 4.55. The van der Waals surface area contributed by atoms with E-state index in [0.29, 0.717) is 6.04 Å². The number of rotatable bonds is 4. The van der Waals surface area contributed by atoms with Crippen LogP contribution < -0.4 is 5.32 Å². The molecule has 1 N–H and O–H groups in total. The maximum Gasteiger partial charge on any atom is 0.193 e. The first kappa shape index (κ1) is 20.8. The molecule has 1 aromatic rings. The predicted octanol–water partition coefficient (Wildman–Crippen LogP) is 0.997. The van der Waals surface area contributed by atoms with Crippen molar-refractivity contribution in [1.29, 1.82) is 0 Å². The van der Waals surface area contributed by atoms with Crippen LogP contribution in [0.15, 0.2) is 35.3 Å². The van der Waals surface area contributed by atoms with Crippen LogP contribution in [-0.4, -0.2) is 104 Å². The highest BCUT2D eigenvalue weighted by Crippen LogP contribution is 2.15. The standard InChI is InChI=1S/C20H32N6.HI/c1-21-20(22-15-19-17-24-7-11-25(19)12-8-24)26-13-9-23(10-14-26)16-18-5-3-2-4-6-18;/h2-6,19H,7-17H2,1H3,(H,21,22);1H. The molecule has 0 aromatic heterocycles. The Morgan fingerprint density at radius 3 is 2.30 bits per heavy atom. The van der Waals surface area contributed by atoms with E-state index in [9.17, 15) is 0 Å². The van der Waals surface area contributed by atoms with Gasteiger partial charge >= 0.3 is 0 Å². The molecular weight excluding hydrogens is 451 g/mol. The van der Waals surface area contributed by atoms with Crippen LogP contribution in [0.5, 0.6) is 0 Å². The van der Waals surface area contributed by atoms with E-state index in [2.05, 4.69) is 60.2 Å². The van der Waals surface area contributed by atoms with Crippen molar-refractivity contribution in [3.05, 3.63) is 35.9 Å². The molecule has 4 heterocycles. The van der Waals surface area contributed by atoms with Crippen molar-refractivity contribution in [1.82, 2.24) is 24.9 Å². The Balaban J connectivity index is 0.00000210. The van der Waals surface area contributed by atoms with E-state index in [1.165, 1.54) is 38.3 Å². The molecule has 0 saturated carbocycles. The van der Waals surface area contributed by atoms with E-state index in [1.807, 2.05) is 7.05 Å². The van der Waals surface area contributed by atoms with Gasteiger partial charge in [-0.25, -0.2) is 0 Å². The number of aliphatic imine (C=N–C) groups is 1. The lowest BCUT2D eigenvalue weighted by Crippen LogP contribution is -2.64. The van der Waals surface area contributed by atoms with Crippen molar-refractivity contribution in [3.63, 3.8) is 0 Å². The predicted molar refractivity (Wildman–Crippen MR) is 122 cm³/mol. The van der Waals surface area contributed by atoms with Crippen molar-refractivity contribution in [2.45, 2.75) is 12.6 Å². The third-order valence-electron chi connectivity index (χ3n) is 6.02. The van der Waals surface area contributed by atoms with Gasteiger partial charge in [0.05, 0.1) is 0 Å². The minimum atomic E-state index is 0. The third-order valence-corrected chi connectivity index (χ3v) is 6.02. The zero-order valence-electron chi connectivity index (χ0n) is 16.4. The van der Waals surface area contributed by atoms with Crippen LogP contribution in [0.1, 0.15) is 5.56 Å². The molecule has 1 atom stereocenters. The molecule has 6 nitrogen and oxygen atoms in total. The van der Waals surface area contributed by atoms with E-state index < -0.39 is 0 Å². The van der Waals surface area contributed by atoms with E-state index >= 15 is 0 Å². The van der Waals surface area contributed by atoms with Crippen molar-refractivity contribution in [2.24, 2.45) is 4.99 Å². The average Bonchev–Trinajstić information content (AvgIpc) is 2.71. The highest BCUT2D eigenvalue weighted by Gasteiger charge is 2.32. The van der Waals surface area contributed by atoms with Gasteiger partial charge in [0.25, 0.3) is 0 Å². The van der Waals surface area contributed by atoms with Gasteiger partial charge in [0, 0.05) is 85.1 Å². The molecule has 1 unspecified atom stereocenters. The summed E-state index contributed by atoms with van der Waals surface area (Å²) in [5.74, 6) is 1.07. The zero-order chi connectivity index (χ0) is 17.8. The fourth-order valence-corrected chi connectivity index (χ4v) is 4.42. The molecule has 0 amide bonds. The largest absolute Gasteiger partial charge is 0.355 e. The molecular formula is C20H33IN6. The molecule has 4 saturated heterocycles. The second-order valence-electron chi connectivity index (χ2n) is 7.67. The Bertz CT molecular complexity index is 594. The van der Waals surface area contributed by atoms with Crippen molar-refractivity contribution < 1.29 is 0 Å². The van der Waals surface area contributed by atoms with Crippen molar-refractivity contribution in [3.8, 4) is 0 Å². The fourth-order valence-electron chi connectivity index (χ4n) is 4.42. The van der Waals surface area contributed by atoms with Gasteiger partial charge < -0.3 is 10.2 Å². The van der Waals surface area contributed by atoms with Crippen LogP contribution in [0, 0.1) is 0 Å². The lowest BCUT2D eigenvalue weighted by molar-refractivity contribution is 0.0151. The minimum absolute atomic E-state index is 0. The van der Waals surface area contributed by atoms with E-state index in [1.54, 1.807) is 0 Å². The number of benzene rings is 1. The highest BCUT2D eigenvalue weighted by atomic mass is 127. The SMILES string of the molecule is CN=C(NCC1CN2CCN1CC2)N1CCN(Cc2ccccc2)CC1.I. The molecule has 4 aliphatic heterocycles. The molecule has 1 aromatic carbocycles. The Kier molecular flexibility index (Phi) is 7.75. The number of hydrogen-bond donors (Lipinski definition) is 1. The topological polar surface area (TPSA) is 37.4 Å². The number of nitrogens with zero attached hydrogens (tertiary/aromatic N) is 5. The number of hydrogen-bond acceptors (Lipinski definition) is 4. The van der Waals surface area contributed by atoms with Crippen LogP contribution in [0.25, 0.3) is 0 Å². The summed E-state index contributed by atoms with van der Waals surface area (Å²) in [5.41, 5.74) is 1.40. The molecule has 0 aliphatic carbocycles. The van der Waals surface area contributed by atoms with E-state index in [4.69, 9.17) is 0 Å². The summed E-state index contributed by atoms with van der Waals surface area (Å²) >= 11 is 0. The summed E-state index contributed by atoms with van der Waals surface area (Å²) in [6.45, 7) is 12.5. The van der Waals surface area contributed by atoms with Crippen LogP contribution in [0.2, 0.25) is 0 Å². The Morgan fingerprint density at radius 1 is 1.00 bits per heavy atom. The van der Waals surface area contributed by atoms with Gasteiger partial charge in [0.1, 0.15) is 0 Å². The first-order valence-corrected chi connectivity index (χ1v) is 10.00. The molecule has 0 spiro atoms. The minimum Gasteiger partial charge on any atom is -0.355 e. The Morgan fingerprint density at radius 2 is 1.70 bits per heavy atom. The maximum absolute atomic E-state index is 4.55. The smallest absolute Gasteiger partial charge is 0.193 e. The molecule has 4 fully saturated rings. The average molecular weight is 484 g/mol. The summed E-state index contributed by atoms with van der Waals surface area (Å²) in [6.07, 6.45) is 0. The summed E-state index contributed by atoms with van der Waals surface area (Å²) in [5, 5.41) is 3.65.